The second-order valence-corrected chi connectivity index (χ2v) is 6.80. The standard InChI is InChI=1S/C22H23NO5/c1-14-7-9-15(10-8-14)20(25)18-19(16-5-3-6-17(24)13-16)23(11-4-12-28-2)22(27)21(18)26/h3,5-10,13,19,24-25H,4,11-12H2,1-2H3/t19-/m0/s1. The van der Waals surface area contributed by atoms with Gasteiger partial charge in [0, 0.05) is 25.8 Å². The summed E-state index contributed by atoms with van der Waals surface area (Å²) < 4.78 is 5.05. The Kier molecular flexibility index (Phi) is 5.80. The second-order valence-electron chi connectivity index (χ2n) is 6.80. The van der Waals surface area contributed by atoms with Gasteiger partial charge in [0.25, 0.3) is 11.7 Å². The molecule has 2 aromatic carbocycles. The number of hydrogen-bond donors (Lipinski definition) is 2. The molecular formula is C22H23NO5. The molecule has 0 saturated carbocycles. The van der Waals surface area contributed by atoms with Crippen molar-refractivity contribution in [2.75, 3.05) is 20.3 Å². The van der Waals surface area contributed by atoms with Crippen LogP contribution in [0.15, 0.2) is 54.1 Å². The van der Waals surface area contributed by atoms with Gasteiger partial charge >= 0.3 is 0 Å². The Morgan fingerprint density at radius 2 is 1.86 bits per heavy atom. The van der Waals surface area contributed by atoms with Crippen molar-refractivity contribution < 1.29 is 24.5 Å². The van der Waals surface area contributed by atoms with Crippen molar-refractivity contribution in [1.29, 1.82) is 0 Å². The van der Waals surface area contributed by atoms with E-state index in [0.29, 0.717) is 30.7 Å². The van der Waals surface area contributed by atoms with Crippen LogP contribution in [0.5, 0.6) is 5.75 Å². The Labute approximate surface area is 163 Å². The Balaban J connectivity index is 2.12. The zero-order valence-electron chi connectivity index (χ0n) is 15.9. The highest BCUT2D eigenvalue weighted by atomic mass is 16.5. The first kappa shape index (κ1) is 19.6. The van der Waals surface area contributed by atoms with Gasteiger partial charge in [0.15, 0.2) is 0 Å². The number of nitrogens with zero attached hydrogens (tertiary/aromatic N) is 1. The predicted octanol–water partition coefficient (Wildman–Crippen LogP) is 3.16. The quantitative estimate of drug-likeness (QED) is 0.347. The lowest BCUT2D eigenvalue weighted by Gasteiger charge is -2.25. The fourth-order valence-electron chi connectivity index (χ4n) is 3.40. The largest absolute Gasteiger partial charge is 0.508 e. The van der Waals surface area contributed by atoms with E-state index in [-0.39, 0.29) is 17.1 Å². The lowest BCUT2D eigenvalue weighted by molar-refractivity contribution is -0.140. The number of aryl methyl sites for hydroxylation is 1. The van der Waals surface area contributed by atoms with Crippen LogP contribution in [0.2, 0.25) is 0 Å². The maximum absolute atomic E-state index is 12.8. The lowest BCUT2D eigenvalue weighted by atomic mass is 9.95. The number of phenols is 1. The molecule has 0 radical (unpaired) electrons. The molecule has 6 nitrogen and oxygen atoms in total. The van der Waals surface area contributed by atoms with Gasteiger partial charge in [0.2, 0.25) is 0 Å². The number of phenolic OH excluding ortho intramolecular Hbond substituents is 1. The molecule has 1 atom stereocenters. The number of aromatic hydroxyl groups is 1. The van der Waals surface area contributed by atoms with Crippen molar-refractivity contribution in [1.82, 2.24) is 4.90 Å². The number of likely N-dealkylation sites (tertiary alicyclic amines) is 1. The zero-order chi connectivity index (χ0) is 20.3. The number of ketones is 1. The van der Waals surface area contributed by atoms with Gasteiger partial charge in [-0.3, -0.25) is 9.59 Å². The third-order valence-electron chi connectivity index (χ3n) is 4.80. The molecule has 2 aromatic rings. The van der Waals surface area contributed by atoms with Crippen LogP contribution in [0.25, 0.3) is 5.76 Å². The SMILES string of the molecule is COCCCN1C(=O)C(=O)C(=C(O)c2ccc(C)cc2)[C@@H]1c1cccc(O)c1. The normalized spacial score (nSPS) is 18.6. The summed E-state index contributed by atoms with van der Waals surface area (Å²) in [7, 11) is 1.57. The van der Waals surface area contributed by atoms with Gasteiger partial charge in [-0.1, -0.05) is 42.0 Å². The van der Waals surface area contributed by atoms with E-state index >= 15 is 0 Å². The van der Waals surface area contributed by atoms with Crippen LogP contribution in [0, 0.1) is 6.92 Å². The Hall–Kier alpha value is -3.12. The summed E-state index contributed by atoms with van der Waals surface area (Å²) in [5, 5.41) is 20.8. The summed E-state index contributed by atoms with van der Waals surface area (Å²) in [6.45, 7) is 2.66. The third-order valence-corrected chi connectivity index (χ3v) is 4.80. The minimum atomic E-state index is -0.773. The van der Waals surface area contributed by atoms with E-state index in [9.17, 15) is 19.8 Å². The highest BCUT2D eigenvalue weighted by molar-refractivity contribution is 6.46. The number of hydrogen-bond acceptors (Lipinski definition) is 5. The number of ether oxygens (including phenoxy) is 1. The van der Waals surface area contributed by atoms with Crippen molar-refractivity contribution in [2.45, 2.75) is 19.4 Å². The number of amides is 1. The van der Waals surface area contributed by atoms with Gasteiger partial charge in [-0.2, -0.15) is 0 Å². The number of rotatable bonds is 6. The molecule has 1 aliphatic rings. The molecule has 0 aromatic heterocycles. The average molecular weight is 381 g/mol. The monoisotopic (exact) mass is 381 g/mol. The molecule has 0 unspecified atom stereocenters. The van der Waals surface area contributed by atoms with E-state index in [0.717, 1.165) is 5.56 Å². The van der Waals surface area contributed by atoms with Gasteiger partial charge in [0.1, 0.15) is 11.5 Å². The molecule has 6 heteroatoms. The first-order valence-corrected chi connectivity index (χ1v) is 9.07. The number of aliphatic hydroxyl groups excluding tert-OH is 1. The number of benzene rings is 2. The van der Waals surface area contributed by atoms with E-state index in [4.69, 9.17) is 4.74 Å². The summed E-state index contributed by atoms with van der Waals surface area (Å²) in [4.78, 5) is 26.9. The van der Waals surface area contributed by atoms with E-state index < -0.39 is 17.7 Å². The van der Waals surface area contributed by atoms with Crippen molar-refractivity contribution in [3.05, 3.63) is 70.8 Å². The molecule has 3 rings (SSSR count). The van der Waals surface area contributed by atoms with Gasteiger partial charge in [-0.15, -0.1) is 0 Å². The molecule has 1 saturated heterocycles. The maximum atomic E-state index is 12.8. The van der Waals surface area contributed by atoms with E-state index in [1.54, 1.807) is 31.4 Å². The van der Waals surface area contributed by atoms with E-state index in [2.05, 4.69) is 0 Å². The molecule has 1 heterocycles. The first-order chi connectivity index (χ1) is 13.4. The van der Waals surface area contributed by atoms with E-state index in [1.165, 1.54) is 17.0 Å². The van der Waals surface area contributed by atoms with Crippen molar-refractivity contribution >= 4 is 17.4 Å². The Morgan fingerprint density at radius 1 is 1.14 bits per heavy atom. The molecule has 1 fully saturated rings. The van der Waals surface area contributed by atoms with Gasteiger partial charge < -0.3 is 19.8 Å². The van der Waals surface area contributed by atoms with Crippen LogP contribution in [0.4, 0.5) is 0 Å². The van der Waals surface area contributed by atoms with Crippen LogP contribution in [0.3, 0.4) is 0 Å². The van der Waals surface area contributed by atoms with Gasteiger partial charge in [-0.05, 0) is 31.0 Å². The summed E-state index contributed by atoms with van der Waals surface area (Å²) in [5.41, 5.74) is 2.06. The smallest absolute Gasteiger partial charge is 0.295 e. The highest BCUT2D eigenvalue weighted by Gasteiger charge is 2.45. The first-order valence-electron chi connectivity index (χ1n) is 9.07. The van der Waals surface area contributed by atoms with Gasteiger partial charge in [0.05, 0.1) is 11.6 Å². The Morgan fingerprint density at radius 3 is 2.50 bits per heavy atom. The molecule has 1 aliphatic heterocycles. The van der Waals surface area contributed by atoms with Crippen molar-refractivity contribution in [3.63, 3.8) is 0 Å². The third kappa shape index (κ3) is 3.77. The molecule has 0 spiro atoms. The minimum Gasteiger partial charge on any atom is -0.508 e. The maximum Gasteiger partial charge on any atom is 0.295 e. The lowest BCUT2D eigenvalue weighted by Crippen LogP contribution is -2.31. The fourth-order valence-corrected chi connectivity index (χ4v) is 3.40. The van der Waals surface area contributed by atoms with Crippen LogP contribution in [0.1, 0.15) is 29.2 Å². The number of carbonyl (C=O) groups excluding carboxylic acids is 2. The topological polar surface area (TPSA) is 87.1 Å². The number of aliphatic hydroxyl groups is 1. The number of Topliss-reactive ketones (excluding diaryl/α,β-unsaturated/α-hetero) is 1. The van der Waals surface area contributed by atoms with Gasteiger partial charge in [-0.25, -0.2) is 0 Å². The zero-order valence-corrected chi connectivity index (χ0v) is 15.9. The predicted molar refractivity (Wildman–Crippen MR) is 105 cm³/mol. The minimum absolute atomic E-state index is 0.0234. The molecule has 2 N–H and O–H groups in total. The highest BCUT2D eigenvalue weighted by Crippen LogP contribution is 2.40. The van der Waals surface area contributed by atoms with Crippen molar-refractivity contribution in [2.24, 2.45) is 0 Å². The van der Waals surface area contributed by atoms with Crippen molar-refractivity contribution in [3.8, 4) is 5.75 Å². The molecular weight excluding hydrogens is 358 g/mol. The van der Waals surface area contributed by atoms with E-state index in [1.807, 2.05) is 19.1 Å². The summed E-state index contributed by atoms with van der Waals surface area (Å²) in [6, 6.07) is 12.7. The average Bonchev–Trinajstić information content (AvgIpc) is 2.93. The molecule has 0 aliphatic carbocycles. The Bertz CT molecular complexity index is 917. The van der Waals surface area contributed by atoms with Crippen LogP contribution in [-0.4, -0.2) is 47.1 Å². The number of carbonyl (C=O) groups is 2. The van der Waals surface area contributed by atoms with Crippen LogP contribution < -0.4 is 0 Å². The molecule has 1 amide bonds. The van der Waals surface area contributed by atoms with Crippen LogP contribution in [-0.2, 0) is 14.3 Å². The number of methoxy groups -OCH3 is 1. The fraction of sp³-hybridized carbons (Fsp3) is 0.273. The second kappa shape index (κ2) is 8.27. The molecule has 0 bridgehead atoms. The molecule has 146 valence electrons. The summed E-state index contributed by atoms with van der Waals surface area (Å²) >= 11 is 0. The summed E-state index contributed by atoms with van der Waals surface area (Å²) in [5.74, 6) is -1.60. The molecule has 28 heavy (non-hydrogen) atoms. The van der Waals surface area contributed by atoms with Crippen LogP contribution >= 0.6 is 0 Å². The summed E-state index contributed by atoms with van der Waals surface area (Å²) in [6.07, 6.45) is 0.545.